The van der Waals surface area contributed by atoms with Gasteiger partial charge in [-0.15, -0.1) is 0 Å². The van der Waals surface area contributed by atoms with Gasteiger partial charge in [-0.05, 0) is 65.3 Å². The molecule has 0 aliphatic heterocycles. The highest BCUT2D eigenvalue weighted by atomic mass is 32.3. The maximum atomic E-state index is 15.0. The van der Waals surface area contributed by atoms with Gasteiger partial charge in [0.05, 0.1) is 6.61 Å². The van der Waals surface area contributed by atoms with Crippen LogP contribution in [0.25, 0.3) is 0 Å². The topological polar surface area (TPSA) is 52.6 Å². The van der Waals surface area contributed by atoms with E-state index in [4.69, 9.17) is 8.37 Å². The molecule has 0 saturated heterocycles. The van der Waals surface area contributed by atoms with Gasteiger partial charge in [-0.1, -0.05) is 81.8 Å². The Morgan fingerprint density at radius 3 is 1.46 bits per heavy atom. The maximum absolute atomic E-state index is 15.0. The van der Waals surface area contributed by atoms with Crippen LogP contribution in [-0.2, 0) is 13.7 Å². The van der Waals surface area contributed by atoms with Gasteiger partial charge in [0.25, 0.3) is 0 Å². The molecule has 0 spiro atoms. The summed E-state index contributed by atoms with van der Waals surface area (Å²) in [7, 11) is -11.3. The Balaban J connectivity index is 2.07. The van der Waals surface area contributed by atoms with E-state index in [9.17, 15) is 47.9 Å². The van der Waals surface area contributed by atoms with Crippen molar-refractivity contribution >= 4 is 20.4 Å². The van der Waals surface area contributed by atoms with Crippen LogP contribution < -0.4 is 4.74 Å². The first-order valence-corrected chi connectivity index (χ1v) is 17.2. The lowest BCUT2D eigenvalue weighted by molar-refractivity contribution is -0.382. The molecule has 0 aromatic heterocycles. The number of rotatable bonds is 17. The predicted octanol–water partition coefficient (Wildman–Crippen LogP) is 10.8. The van der Waals surface area contributed by atoms with Crippen molar-refractivity contribution in [2.24, 2.45) is 0 Å². The summed E-state index contributed by atoms with van der Waals surface area (Å²) in [6.45, 7) is 2.44. The third kappa shape index (κ3) is 7.62. The molecule has 0 radical (unpaired) electrons. The van der Waals surface area contributed by atoms with E-state index < -0.39 is 43.7 Å². The maximum Gasteiger partial charge on any atom is 0.460 e. The van der Waals surface area contributed by atoms with Crippen LogP contribution in [0.15, 0.2) is 99.6 Å². The first kappa shape index (κ1) is 37.5. The molecule has 0 fully saturated rings. The minimum absolute atomic E-state index is 0.164. The van der Waals surface area contributed by atoms with Crippen LogP contribution in [0.5, 0.6) is 5.75 Å². The molecule has 0 N–H and O–H groups in total. The molecule has 0 amide bonds. The Hall–Kier alpha value is -2.91. The fraction of sp³-hybridized carbons (Fsp3) is 0.419. The zero-order chi connectivity index (χ0) is 34.3. The molecular formula is C31H33F9O4S2. The van der Waals surface area contributed by atoms with Gasteiger partial charge in [-0.3, -0.25) is 0 Å². The Bertz CT molecular complexity index is 1440. The summed E-state index contributed by atoms with van der Waals surface area (Å²) >= 11 is 0. The highest BCUT2D eigenvalue weighted by Gasteiger charge is 2.86. The lowest BCUT2D eigenvalue weighted by atomic mass is 10.1. The van der Waals surface area contributed by atoms with E-state index in [0.29, 0.717) is 6.61 Å². The van der Waals surface area contributed by atoms with Gasteiger partial charge >= 0.3 is 33.4 Å². The normalized spacial score (nSPS) is 13.9. The van der Waals surface area contributed by atoms with E-state index in [2.05, 4.69) is 6.92 Å². The van der Waals surface area contributed by atoms with E-state index in [1.54, 1.807) is 0 Å². The van der Waals surface area contributed by atoms with Gasteiger partial charge in [-0.25, -0.2) is 3.63 Å². The molecule has 3 aromatic rings. The van der Waals surface area contributed by atoms with Gasteiger partial charge in [0.15, 0.2) is 0 Å². The highest BCUT2D eigenvalue weighted by Crippen LogP contribution is 2.71. The van der Waals surface area contributed by atoms with Crippen molar-refractivity contribution in [3.8, 4) is 5.75 Å². The zero-order valence-corrected chi connectivity index (χ0v) is 26.2. The number of hydrogen-bond acceptors (Lipinski definition) is 4. The minimum atomic E-state index is -7.46. The van der Waals surface area contributed by atoms with Gasteiger partial charge < -0.3 is 4.74 Å². The van der Waals surface area contributed by atoms with Crippen LogP contribution >= 0.6 is 10.3 Å². The third-order valence-electron chi connectivity index (χ3n) is 6.94. The first-order valence-electron chi connectivity index (χ1n) is 14.3. The smallest absolute Gasteiger partial charge is 0.460 e. The van der Waals surface area contributed by atoms with Crippen LogP contribution in [0.3, 0.4) is 0 Å². The molecule has 0 aliphatic carbocycles. The predicted molar refractivity (Wildman–Crippen MR) is 156 cm³/mol. The van der Waals surface area contributed by atoms with Crippen molar-refractivity contribution in [1.29, 1.82) is 0 Å². The Morgan fingerprint density at radius 1 is 0.565 bits per heavy atom. The van der Waals surface area contributed by atoms with Gasteiger partial charge in [0.1, 0.15) is 5.75 Å². The fourth-order valence-electron chi connectivity index (χ4n) is 4.42. The zero-order valence-electron chi connectivity index (χ0n) is 24.6. The summed E-state index contributed by atoms with van der Waals surface area (Å²) in [6.07, 6.45) is -0.0545. The molecule has 0 unspecified atom stereocenters. The van der Waals surface area contributed by atoms with Crippen molar-refractivity contribution in [3.63, 3.8) is 0 Å². The number of unbranched alkanes of at least 4 members (excludes halogenated alkanes) is 6. The summed E-state index contributed by atoms with van der Waals surface area (Å²) < 4.78 is 161. The van der Waals surface area contributed by atoms with Crippen LogP contribution in [0, 0.1) is 0 Å². The Morgan fingerprint density at radius 2 is 1.00 bits per heavy atom. The monoisotopic (exact) mass is 704 g/mol. The standard InChI is InChI=1S/C31H33F9O4S2/c1-2-3-4-5-6-7-14-23-43-24-19-21-27(22-20-24)45(25-15-10-8-11-16-25,26-17-12-9-13-18-26)44-46(41,42)31(39,40)29(34,35)28(32,33)30(36,37)38/h8-13,15-22H,2-7,14,23H2,1H3. The molecule has 0 bridgehead atoms. The summed E-state index contributed by atoms with van der Waals surface area (Å²) in [5.74, 6) is -14.6. The van der Waals surface area contributed by atoms with E-state index >= 15 is 0 Å². The molecule has 46 heavy (non-hydrogen) atoms. The van der Waals surface area contributed by atoms with Crippen molar-refractivity contribution in [2.45, 2.75) is 89.8 Å². The number of halogens is 9. The largest absolute Gasteiger partial charge is 0.494 e. The van der Waals surface area contributed by atoms with Crippen LogP contribution in [0.2, 0.25) is 0 Å². The van der Waals surface area contributed by atoms with Gasteiger partial charge in [-0.2, -0.15) is 47.9 Å². The lowest BCUT2D eigenvalue weighted by Gasteiger charge is -2.41. The van der Waals surface area contributed by atoms with Crippen LogP contribution in [0.4, 0.5) is 39.5 Å². The lowest BCUT2D eigenvalue weighted by Crippen LogP contribution is -2.63. The summed E-state index contributed by atoms with van der Waals surface area (Å²) in [5.41, 5.74) is 0. The molecule has 3 rings (SSSR count). The second-order valence-corrected chi connectivity index (χ2v) is 14.8. The second kappa shape index (κ2) is 14.9. The molecule has 0 aliphatic rings. The molecule has 0 atom stereocenters. The number of hydrogen-bond donors (Lipinski definition) is 0. The van der Waals surface area contributed by atoms with Gasteiger partial charge in [0.2, 0.25) is 0 Å². The highest BCUT2D eigenvalue weighted by molar-refractivity contribution is 8.33. The molecule has 256 valence electrons. The number of ether oxygens (including phenoxy) is 1. The van der Waals surface area contributed by atoms with E-state index in [1.165, 1.54) is 84.9 Å². The number of benzene rings is 3. The Labute approximate surface area is 263 Å². The average molecular weight is 705 g/mol. The van der Waals surface area contributed by atoms with E-state index in [0.717, 1.165) is 44.9 Å². The summed E-state index contributed by atoms with van der Waals surface area (Å²) in [6, 6.07) is 18.4. The molecule has 4 nitrogen and oxygen atoms in total. The van der Waals surface area contributed by atoms with Crippen molar-refractivity contribution in [2.75, 3.05) is 6.61 Å². The second-order valence-electron chi connectivity index (χ2n) is 10.3. The average Bonchev–Trinajstić information content (AvgIpc) is 3.01. The van der Waals surface area contributed by atoms with Crippen molar-refractivity contribution in [1.82, 2.24) is 0 Å². The van der Waals surface area contributed by atoms with Crippen molar-refractivity contribution in [3.05, 3.63) is 84.9 Å². The SMILES string of the molecule is CCCCCCCCCOc1ccc(S(OS(=O)(=O)C(F)(F)C(F)(F)C(F)(F)C(F)(F)F)(c2ccccc2)c2ccccc2)cc1. The van der Waals surface area contributed by atoms with Crippen molar-refractivity contribution < 1.29 is 56.3 Å². The minimum Gasteiger partial charge on any atom is -0.494 e. The van der Waals surface area contributed by atoms with Crippen LogP contribution in [0.1, 0.15) is 51.9 Å². The van der Waals surface area contributed by atoms with Gasteiger partial charge in [0, 0.05) is 14.7 Å². The molecule has 0 heterocycles. The first-order chi connectivity index (χ1) is 21.5. The molecule has 15 heteroatoms. The molecular weight excluding hydrogens is 671 g/mol. The third-order valence-corrected chi connectivity index (χ3v) is 12.2. The fourth-order valence-corrected chi connectivity index (χ4v) is 9.64. The quantitative estimate of drug-likeness (QED) is 0.104. The summed E-state index contributed by atoms with van der Waals surface area (Å²) in [4.78, 5) is -0.509. The van der Waals surface area contributed by atoms with E-state index in [1.807, 2.05) is 0 Å². The number of alkyl halides is 9. The van der Waals surface area contributed by atoms with Crippen LogP contribution in [-0.4, -0.2) is 38.3 Å². The molecule has 3 aromatic carbocycles. The summed E-state index contributed by atoms with van der Waals surface area (Å²) in [5, 5.41) is -7.04. The Kier molecular flexibility index (Phi) is 12.2. The molecule has 0 saturated carbocycles. The van der Waals surface area contributed by atoms with E-state index in [-0.39, 0.29) is 20.4 Å².